The minimum Gasteiger partial charge on any atom is -0.392 e. The van der Waals surface area contributed by atoms with Crippen LogP contribution in [0.2, 0.25) is 0 Å². The summed E-state index contributed by atoms with van der Waals surface area (Å²) in [5, 5.41) is 12.7. The van der Waals surface area contributed by atoms with Crippen LogP contribution in [0.15, 0.2) is 24.3 Å². The average Bonchev–Trinajstić information content (AvgIpc) is 2.82. The summed E-state index contributed by atoms with van der Waals surface area (Å²) < 4.78 is 0. The van der Waals surface area contributed by atoms with Crippen LogP contribution in [-0.4, -0.2) is 18.2 Å². The number of nitrogens with one attached hydrogen (secondary N) is 1. The fraction of sp³-hybridized carbons (Fsp3) is 0.500. The van der Waals surface area contributed by atoms with Gasteiger partial charge in [-0.05, 0) is 30.0 Å². The van der Waals surface area contributed by atoms with E-state index in [1.165, 1.54) is 12.0 Å². The lowest BCUT2D eigenvalue weighted by molar-refractivity contribution is 0.279. The molecule has 2 unspecified atom stereocenters. The number of hydrogen-bond donors (Lipinski definition) is 2. The van der Waals surface area contributed by atoms with Gasteiger partial charge in [0, 0.05) is 12.0 Å². The van der Waals surface area contributed by atoms with Gasteiger partial charge in [0.2, 0.25) is 0 Å². The summed E-state index contributed by atoms with van der Waals surface area (Å²) in [7, 11) is 0. The Morgan fingerprint density at radius 1 is 1.43 bits per heavy atom. The molecule has 1 heterocycles. The summed E-state index contributed by atoms with van der Waals surface area (Å²) in [4.78, 5) is 0. The monoisotopic (exact) mass is 189 g/mol. The summed E-state index contributed by atoms with van der Waals surface area (Å²) in [5.74, 6) is 0.815. The second-order valence-corrected chi connectivity index (χ2v) is 4.50. The van der Waals surface area contributed by atoms with Crippen molar-refractivity contribution < 1.29 is 5.11 Å². The van der Waals surface area contributed by atoms with Crippen molar-refractivity contribution in [1.29, 1.82) is 0 Å². The number of benzene rings is 1. The summed E-state index contributed by atoms with van der Waals surface area (Å²) in [6.07, 6.45) is 1.30. The van der Waals surface area contributed by atoms with E-state index in [0.29, 0.717) is 5.41 Å². The lowest BCUT2D eigenvalue weighted by atomic mass is 9.91. The molecule has 1 aromatic carbocycles. The molecule has 2 heteroatoms. The van der Waals surface area contributed by atoms with Crippen molar-refractivity contribution in [3.63, 3.8) is 0 Å². The van der Waals surface area contributed by atoms with Crippen LogP contribution in [0.3, 0.4) is 0 Å². The van der Waals surface area contributed by atoms with Crippen molar-refractivity contribution in [2.45, 2.75) is 18.4 Å². The van der Waals surface area contributed by atoms with Gasteiger partial charge in [-0.15, -0.1) is 0 Å². The van der Waals surface area contributed by atoms with Gasteiger partial charge in [-0.2, -0.15) is 0 Å². The van der Waals surface area contributed by atoms with Gasteiger partial charge in [-0.25, -0.2) is 0 Å². The van der Waals surface area contributed by atoms with E-state index >= 15 is 0 Å². The molecule has 0 aromatic heterocycles. The van der Waals surface area contributed by atoms with Crippen molar-refractivity contribution in [1.82, 2.24) is 5.32 Å². The van der Waals surface area contributed by atoms with Crippen LogP contribution >= 0.6 is 0 Å². The van der Waals surface area contributed by atoms with Gasteiger partial charge in [0.05, 0.1) is 6.61 Å². The SMILES string of the molecule is OCc1ccccc1C12CNCC1C2. The van der Waals surface area contributed by atoms with Crippen LogP contribution in [0.4, 0.5) is 0 Å². The van der Waals surface area contributed by atoms with Gasteiger partial charge in [0.1, 0.15) is 0 Å². The number of aliphatic hydroxyl groups excluding tert-OH is 1. The summed E-state index contributed by atoms with van der Waals surface area (Å²) >= 11 is 0. The second-order valence-electron chi connectivity index (χ2n) is 4.50. The zero-order chi connectivity index (χ0) is 9.60. The smallest absolute Gasteiger partial charge is 0.0684 e. The number of rotatable bonds is 2. The Hall–Kier alpha value is -0.860. The third kappa shape index (κ3) is 0.983. The van der Waals surface area contributed by atoms with Gasteiger partial charge in [0.15, 0.2) is 0 Å². The van der Waals surface area contributed by atoms with E-state index in [0.717, 1.165) is 24.6 Å². The van der Waals surface area contributed by atoms with Gasteiger partial charge < -0.3 is 10.4 Å². The first-order valence-electron chi connectivity index (χ1n) is 5.27. The number of hydrogen-bond acceptors (Lipinski definition) is 2. The number of aliphatic hydroxyl groups is 1. The van der Waals surface area contributed by atoms with Crippen molar-refractivity contribution >= 4 is 0 Å². The fourth-order valence-electron chi connectivity index (χ4n) is 2.90. The molecule has 14 heavy (non-hydrogen) atoms. The summed E-state index contributed by atoms with van der Waals surface area (Å²) in [5.41, 5.74) is 2.86. The highest BCUT2D eigenvalue weighted by atomic mass is 16.3. The van der Waals surface area contributed by atoms with E-state index in [9.17, 15) is 5.11 Å². The first-order valence-corrected chi connectivity index (χ1v) is 5.27. The van der Waals surface area contributed by atoms with Gasteiger partial charge in [-0.1, -0.05) is 24.3 Å². The number of piperidine rings is 1. The van der Waals surface area contributed by atoms with Crippen molar-refractivity contribution in [2.75, 3.05) is 13.1 Å². The molecule has 2 aliphatic rings. The summed E-state index contributed by atoms with van der Waals surface area (Å²) in [6, 6.07) is 8.30. The standard InChI is InChI=1S/C12H15NO/c14-7-9-3-1-2-4-11(9)12-5-10(12)6-13-8-12/h1-4,10,13-14H,5-8H2. The maximum absolute atomic E-state index is 9.29. The Balaban J connectivity index is 2.04. The molecule has 1 saturated heterocycles. The third-order valence-corrected chi connectivity index (χ3v) is 3.79. The predicted molar refractivity (Wildman–Crippen MR) is 55.0 cm³/mol. The first-order chi connectivity index (χ1) is 6.87. The molecule has 1 aromatic rings. The largest absolute Gasteiger partial charge is 0.392 e. The van der Waals surface area contributed by atoms with Crippen LogP contribution < -0.4 is 5.32 Å². The van der Waals surface area contributed by atoms with E-state index in [4.69, 9.17) is 0 Å². The Kier molecular flexibility index (Phi) is 1.70. The minimum absolute atomic E-state index is 0.171. The van der Waals surface area contributed by atoms with E-state index in [1.807, 2.05) is 12.1 Å². The highest BCUT2D eigenvalue weighted by Crippen LogP contribution is 2.57. The molecule has 2 N–H and O–H groups in total. The van der Waals surface area contributed by atoms with Gasteiger partial charge >= 0.3 is 0 Å². The second kappa shape index (κ2) is 2.81. The van der Waals surface area contributed by atoms with E-state index in [1.54, 1.807) is 0 Å². The Bertz CT molecular complexity index is 363. The average molecular weight is 189 g/mol. The van der Waals surface area contributed by atoms with Gasteiger partial charge in [-0.3, -0.25) is 0 Å². The molecular formula is C12H15NO. The molecule has 2 fully saturated rings. The predicted octanol–water partition coefficient (Wildman–Crippen LogP) is 1.04. The highest BCUT2D eigenvalue weighted by molar-refractivity contribution is 5.42. The Morgan fingerprint density at radius 3 is 2.93 bits per heavy atom. The van der Waals surface area contributed by atoms with Crippen molar-refractivity contribution in [3.05, 3.63) is 35.4 Å². The van der Waals surface area contributed by atoms with Gasteiger partial charge in [0.25, 0.3) is 0 Å². The summed E-state index contributed by atoms with van der Waals surface area (Å²) in [6.45, 7) is 2.42. The molecule has 1 aliphatic carbocycles. The van der Waals surface area contributed by atoms with Crippen LogP contribution in [0.5, 0.6) is 0 Å². The molecule has 1 aliphatic heterocycles. The highest BCUT2D eigenvalue weighted by Gasteiger charge is 2.58. The van der Waals surface area contributed by atoms with Crippen LogP contribution in [-0.2, 0) is 12.0 Å². The molecule has 0 spiro atoms. The van der Waals surface area contributed by atoms with E-state index in [-0.39, 0.29) is 6.61 Å². The zero-order valence-electron chi connectivity index (χ0n) is 8.16. The van der Waals surface area contributed by atoms with Crippen molar-refractivity contribution in [2.24, 2.45) is 5.92 Å². The first kappa shape index (κ1) is 8.45. The normalized spacial score (nSPS) is 34.2. The third-order valence-electron chi connectivity index (χ3n) is 3.79. The molecule has 2 nitrogen and oxygen atoms in total. The molecule has 3 rings (SSSR count). The molecule has 1 saturated carbocycles. The minimum atomic E-state index is 0.171. The van der Waals surface area contributed by atoms with E-state index in [2.05, 4.69) is 17.4 Å². The molecule has 74 valence electrons. The molecule has 0 amide bonds. The fourth-order valence-corrected chi connectivity index (χ4v) is 2.90. The molecular weight excluding hydrogens is 174 g/mol. The Morgan fingerprint density at radius 2 is 2.29 bits per heavy atom. The number of fused-ring (bicyclic) bond motifs is 1. The topological polar surface area (TPSA) is 32.3 Å². The molecule has 2 atom stereocenters. The van der Waals surface area contributed by atoms with E-state index < -0.39 is 0 Å². The lowest BCUT2D eigenvalue weighted by Gasteiger charge is -2.15. The molecule has 0 bridgehead atoms. The molecule has 0 radical (unpaired) electrons. The van der Waals surface area contributed by atoms with Crippen LogP contribution in [0.1, 0.15) is 17.5 Å². The quantitative estimate of drug-likeness (QED) is 0.728. The van der Waals surface area contributed by atoms with Crippen molar-refractivity contribution in [3.8, 4) is 0 Å². The van der Waals surface area contributed by atoms with Crippen LogP contribution in [0, 0.1) is 5.92 Å². The Labute approximate surface area is 84.0 Å². The lowest BCUT2D eigenvalue weighted by Crippen LogP contribution is -2.20. The zero-order valence-corrected chi connectivity index (χ0v) is 8.16. The maximum atomic E-state index is 9.29. The maximum Gasteiger partial charge on any atom is 0.0684 e. The van der Waals surface area contributed by atoms with Crippen LogP contribution in [0.25, 0.3) is 0 Å².